The first kappa shape index (κ1) is 12.4. The van der Waals surface area contributed by atoms with E-state index in [1.54, 1.807) is 7.11 Å². The number of hydrogen-bond donors (Lipinski definition) is 1. The Bertz CT molecular complexity index is 211. The number of hydrogen-bond acceptors (Lipinski definition) is 4. The lowest BCUT2D eigenvalue weighted by Gasteiger charge is -2.23. The summed E-state index contributed by atoms with van der Waals surface area (Å²) in [6, 6.07) is -0.515. The van der Waals surface area contributed by atoms with Gasteiger partial charge in [-0.3, -0.25) is 4.79 Å². The van der Waals surface area contributed by atoms with Gasteiger partial charge in [0.25, 0.3) is 0 Å². The molecule has 1 fully saturated rings. The molecule has 2 N–H and O–H groups in total. The number of nitrogens with two attached hydrogens (primary N) is 1. The molecule has 0 spiro atoms. The predicted octanol–water partition coefficient (Wildman–Crippen LogP) is -0.876. The van der Waals surface area contributed by atoms with Gasteiger partial charge in [0.05, 0.1) is 6.61 Å². The molecule has 15 heavy (non-hydrogen) atoms. The van der Waals surface area contributed by atoms with Gasteiger partial charge in [-0.2, -0.15) is 0 Å². The van der Waals surface area contributed by atoms with Gasteiger partial charge in [0.1, 0.15) is 6.04 Å². The Labute approximate surface area is 91.2 Å². The topological polar surface area (TPSA) is 58.8 Å². The van der Waals surface area contributed by atoms with Crippen LogP contribution in [0.1, 0.15) is 6.42 Å². The summed E-state index contributed by atoms with van der Waals surface area (Å²) in [5, 5.41) is 0. The third-order valence-electron chi connectivity index (χ3n) is 2.69. The van der Waals surface area contributed by atoms with Crippen LogP contribution in [-0.4, -0.2) is 68.7 Å². The smallest absolute Gasteiger partial charge is 0.241 e. The molecule has 0 aromatic rings. The second-order valence-corrected chi connectivity index (χ2v) is 4.04. The van der Waals surface area contributed by atoms with Crippen molar-refractivity contribution in [3.8, 4) is 0 Å². The van der Waals surface area contributed by atoms with Crippen molar-refractivity contribution in [3.05, 3.63) is 0 Å². The fourth-order valence-electron chi connectivity index (χ4n) is 1.75. The van der Waals surface area contributed by atoms with E-state index in [-0.39, 0.29) is 5.91 Å². The monoisotopic (exact) mass is 215 g/mol. The number of methoxy groups -OCH3 is 1. The largest absolute Gasteiger partial charge is 0.383 e. The van der Waals surface area contributed by atoms with Crippen LogP contribution in [0.3, 0.4) is 0 Å². The Kier molecular flexibility index (Phi) is 5.01. The first-order chi connectivity index (χ1) is 7.15. The molecule has 0 aliphatic carbocycles. The normalized spacial score (nSPS) is 21.1. The molecule has 0 bridgehead atoms. The zero-order valence-corrected chi connectivity index (χ0v) is 9.61. The number of ether oxygens (including phenoxy) is 1. The number of carbonyl (C=O) groups excluding carboxylic acids is 1. The Morgan fingerprint density at radius 1 is 1.40 bits per heavy atom. The molecule has 1 aliphatic rings. The molecular formula is C10H21N3O2. The van der Waals surface area contributed by atoms with Gasteiger partial charge in [0.15, 0.2) is 0 Å². The highest BCUT2D eigenvalue weighted by molar-refractivity contribution is 5.81. The van der Waals surface area contributed by atoms with Crippen molar-refractivity contribution >= 4 is 5.91 Å². The lowest BCUT2D eigenvalue weighted by atomic mass is 10.2. The number of nitrogens with zero attached hydrogens (tertiary/aromatic N) is 2. The summed E-state index contributed by atoms with van der Waals surface area (Å²) in [7, 11) is 3.63. The first-order valence-corrected chi connectivity index (χ1v) is 5.37. The molecule has 1 unspecified atom stereocenters. The summed E-state index contributed by atoms with van der Waals surface area (Å²) in [4.78, 5) is 15.9. The molecule has 1 aliphatic heterocycles. The van der Waals surface area contributed by atoms with E-state index in [1.165, 1.54) is 0 Å². The van der Waals surface area contributed by atoms with Crippen molar-refractivity contribution in [2.45, 2.75) is 12.5 Å². The van der Waals surface area contributed by atoms with Crippen LogP contribution in [0.4, 0.5) is 0 Å². The average Bonchev–Trinajstić information content (AvgIpc) is 2.42. The number of carbonyl (C=O) groups is 1. The highest BCUT2D eigenvalue weighted by atomic mass is 16.5. The Balaban J connectivity index is 2.44. The second kappa shape index (κ2) is 6.05. The highest BCUT2D eigenvalue weighted by Gasteiger charge is 2.22. The zero-order valence-electron chi connectivity index (χ0n) is 9.61. The number of likely N-dealkylation sites (N-methyl/N-ethyl adjacent to an activating group) is 1. The molecule has 0 aromatic carbocycles. The molecule has 1 atom stereocenters. The molecule has 0 aromatic heterocycles. The van der Waals surface area contributed by atoms with Crippen molar-refractivity contribution < 1.29 is 9.53 Å². The van der Waals surface area contributed by atoms with Crippen LogP contribution in [0.5, 0.6) is 0 Å². The predicted molar refractivity (Wildman–Crippen MR) is 58.5 cm³/mol. The third kappa shape index (κ3) is 3.77. The minimum absolute atomic E-state index is 0.00662. The molecule has 1 heterocycles. The maximum Gasteiger partial charge on any atom is 0.241 e. The molecule has 88 valence electrons. The second-order valence-electron chi connectivity index (χ2n) is 4.04. The van der Waals surface area contributed by atoms with E-state index in [1.807, 2.05) is 4.90 Å². The fraction of sp³-hybridized carbons (Fsp3) is 0.900. The summed E-state index contributed by atoms with van der Waals surface area (Å²) in [5.41, 5.74) is 5.71. The average molecular weight is 215 g/mol. The summed E-state index contributed by atoms with van der Waals surface area (Å²) in [6.45, 7) is 3.84. The van der Waals surface area contributed by atoms with Crippen LogP contribution >= 0.6 is 0 Å². The summed E-state index contributed by atoms with van der Waals surface area (Å²) in [6.07, 6.45) is 1.02. The van der Waals surface area contributed by atoms with Gasteiger partial charge < -0.3 is 20.3 Å². The molecule has 1 rings (SSSR count). The highest BCUT2D eigenvalue weighted by Crippen LogP contribution is 2.03. The van der Waals surface area contributed by atoms with Crippen LogP contribution < -0.4 is 5.73 Å². The van der Waals surface area contributed by atoms with Gasteiger partial charge >= 0.3 is 0 Å². The maximum atomic E-state index is 11.8. The SMILES string of the molecule is COCC(N)C(=O)N1CCCN(C)CC1. The molecule has 5 nitrogen and oxygen atoms in total. The van der Waals surface area contributed by atoms with E-state index >= 15 is 0 Å². The molecule has 1 saturated heterocycles. The molecule has 1 amide bonds. The molecule has 0 saturated carbocycles. The van der Waals surface area contributed by atoms with Gasteiger partial charge in [-0.05, 0) is 20.0 Å². The summed E-state index contributed by atoms with van der Waals surface area (Å²) in [5.74, 6) is 0.00662. The van der Waals surface area contributed by atoms with E-state index in [2.05, 4.69) is 11.9 Å². The molecular weight excluding hydrogens is 194 g/mol. The zero-order chi connectivity index (χ0) is 11.3. The quantitative estimate of drug-likeness (QED) is 0.664. The van der Waals surface area contributed by atoms with Crippen LogP contribution in [-0.2, 0) is 9.53 Å². The maximum absolute atomic E-state index is 11.8. The van der Waals surface area contributed by atoms with Gasteiger partial charge in [-0.25, -0.2) is 0 Å². The molecule has 0 radical (unpaired) electrons. The minimum Gasteiger partial charge on any atom is -0.383 e. The van der Waals surface area contributed by atoms with Gasteiger partial charge in [0, 0.05) is 26.7 Å². The van der Waals surface area contributed by atoms with Crippen LogP contribution in [0.25, 0.3) is 0 Å². The van der Waals surface area contributed by atoms with Gasteiger partial charge in [-0.1, -0.05) is 0 Å². The van der Waals surface area contributed by atoms with Crippen molar-refractivity contribution in [3.63, 3.8) is 0 Å². The van der Waals surface area contributed by atoms with Crippen molar-refractivity contribution in [1.29, 1.82) is 0 Å². The van der Waals surface area contributed by atoms with Crippen LogP contribution in [0.15, 0.2) is 0 Å². The van der Waals surface area contributed by atoms with Crippen molar-refractivity contribution in [2.75, 3.05) is 46.9 Å². The summed E-state index contributed by atoms with van der Waals surface area (Å²) < 4.78 is 4.89. The molecule has 5 heteroatoms. The van der Waals surface area contributed by atoms with Crippen LogP contribution in [0, 0.1) is 0 Å². The number of amides is 1. The van der Waals surface area contributed by atoms with E-state index in [0.717, 1.165) is 32.6 Å². The lowest BCUT2D eigenvalue weighted by molar-refractivity contribution is -0.133. The number of rotatable bonds is 3. The fourth-order valence-corrected chi connectivity index (χ4v) is 1.75. The van der Waals surface area contributed by atoms with E-state index in [4.69, 9.17) is 10.5 Å². The van der Waals surface area contributed by atoms with Crippen LogP contribution in [0.2, 0.25) is 0 Å². The third-order valence-corrected chi connectivity index (χ3v) is 2.69. The van der Waals surface area contributed by atoms with E-state index < -0.39 is 6.04 Å². The first-order valence-electron chi connectivity index (χ1n) is 5.37. The van der Waals surface area contributed by atoms with Gasteiger partial charge in [0.2, 0.25) is 5.91 Å². The Hall–Kier alpha value is -0.650. The van der Waals surface area contributed by atoms with E-state index in [0.29, 0.717) is 6.61 Å². The standard InChI is InChI=1S/C10H21N3O2/c1-12-4-3-5-13(7-6-12)10(14)9(11)8-15-2/h9H,3-8,11H2,1-2H3. The van der Waals surface area contributed by atoms with Gasteiger partial charge in [-0.15, -0.1) is 0 Å². The Morgan fingerprint density at radius 3 is 2.80 bits per heavy atom. The van der Waals surface area contributed by atoms with E-state index in [9.17, 15) is 4.79 Å². The summed E-state index contributed by atoms with van der Waals surface area (Å²) >= 11 is 0. The van der Waals surface area contributed by atoms with Crippen molar-refractivity contribution in [1.82, 2.24) is 9.80 Å². The Morgan fingerprint density at radius 2 is 2.13 bits per heavy atom. The minimum atomic E-state index is -0.515. The van der Waals surface area contributed by atoms with Crippen molar-refractivity contribution in [2.24, 2.45) is 5.73 Å². The lowest BCUT2D eigenvalue weighted by Crippen LogP contribution is -2.47.